The molecule has 0 fully saturated rings. The van der Waals surface area contributed by atoms with Gasteiger partial charge in [-0.25, -0.2) is 0 Å². The molecule has 0 saturated heterocycles. The highest BCUT2D eigenvalue weighted by atomic mass is 35.5. The van der Waals surface area contributed by atoms with Gasteiger partial charge in [-0.05, 0) is 55.6 Å². The van der Waals surface area contributed by atoms with Gasteiger partial charge in [0.15, 0.2) is 0 Å². The van der Waals surface area contributed by atoms with Crippen LogP contribution in [0.25, 0.3) is 0 Å². The molecule has 0 amide bonds. The van der Waals surface area contributed by atoms with E-state index in [9.17, 15) is 0 Å². The summed E-state index contributed by atoms with van der Waals surface area (Å²) in [5, 5.41) is 1.58. The first-order valence-electron chi connectivity index (χ1n) is 7.96. The van der Waals surface area contributed by atoms with Crippen LogP contribution in [0.15, 0.2) is 60.8 Å². The van der Waals surface area contributed by atoms with Gasteiger partial charge in [-0.3, -0.25) is 4.98 Å². The minimum Gasteiger partial charge on any atom is -0.262 e. The number of aryl methyl sites for hydroxylation is 2. The molecular formula is C20H18BCl2N. The first-order chi connectivity index (χ1) is 11.5. The van der Waals surface area contributed by atoms with Crippen LogP contribution in [0, 0.1) is 13.8 Å². The van der Waals surface area contributed by atoms with Crippen LogP contribution in [0.4, 0.5) is 0 Å². The van der Waals surface area contributed by atoms with Crippen LogP contribution < -0.4 is 10.9 Å². The molecule has 0 N–H and O–H groups in total. The second-order valence-corrected chi connectivity index (χ2v) is 6.91. The molecule has 4 heteroatoms. The molecule has 0 unspecified atom stereocenters. The number of hydrogen-bond acceptors (Lipinski definition) is 1. The lowest BCUT2D eigenvalue weighted by molar-refractivity contribution is 1.16. The highest BCUT2D eigenvalue weighted by Crippen LogP contribution is 2.15. The quantitative estimate of drug-likeness (QED) is 0.633. The lowest BCUT2D eigenvalue weighted by Crippen LogP contribution is -2.44. The Morgan fingerprint density at radius 3 is 1.88 bits per heavy atom. The summed E-state index contributed by atoms with van der Waals surface area (Å²) in [4.78, 5) is 4.48. The summed E-state index contributed by atoms with van der Waals surface area (Å²) < 4.78 is 0. The van der Waals surface area contributed by atoms with Crippen molar-refractivity contribution < 1.29 is 0 Å². The van der Waals surface area contributed by atoms with Crippen LogP contribution in [-0.2, 0) is 6.32 Å². The minimum atomic E-state index is 0.163. The smallest absolute Gasteiger partial charge is 0.215 e. The van der Waals surface area contributed by atoms with Crippen molar-refractivity contribution in [3.63, 3.8) is 0 Å². The van der Waals surface area contributed by atoms with E-state index in [2.05, 4.69) is 47.4 Å². The van der Waals surface area contributed by atoms with Gasteiger partial charge in [0.2, 0.25) is 6.71 Å². The average molecular weight is 354 g/mol. The van der Waals surface area contributed by atoms with Crippen LogP contribution in [0.5, 0.6) is 0 Å². The van der Waals surface area contributed by atoms with E-state index in [1.54, 1.807) is 0 Å². The van der Waals surface area contributed by atoms with E-state index in [-0.39, 0.29) is 6.71 Å². The molecule has 24 heavy (non-hydrogen) atoms. The molecule has 0 atom stereocenters. The SMILES string of the molecule is Cc1ccc(B(Cc2ccccn2)c2ccc(C)c(Cl)c2)cc1Cl. The Bertz CT molecular complexity index is 798. The number of rotatable bonds is 4. The average Bonchev–Trinajstić information content (AvgIpc) is 2.59. The molecule has 0 aliphatic carbocycles. The van der Waals surface area contributed by atoms with Gasteiger partial charge in [0.1, 0.15) is 0 Å². The van der Waals surface area contributed by atoms with Gasteiger partial charge in [-0.15, -0.1) is 0 Å². The van der Waals surface area contributed by atoms with Gasteiger partial charge >= 0.3 is 0 Å². The van der Waals surface area contributed by atoms with E-state index >= 15 is 0 Å². The standard InChI is InChI=1S/C20H18BCl2N/c1-14-6-8-16(11-19(14)22)21(13-18-5-3-4-10-24-18)17-9-7-15(2)20(23)12-17/h3-12H,13H2,1-2H3. The summed E-state index contributed by atoms with van der Waals surface area (Å²) in [6.45, 7) is 4.20. The zero-order chi connectivity index (χ0) is 17.1. The molecule has 0 radical (unpaired) electrons. The van der Waals surface area contributed by atoms with Crippen LogP contribution in [-0.4, -0.2) is 11.7 Å². The van der Waals surface area contributed by atoms with Crippen LogP contribution in [0.1, 0.15) is 16.8 Å². The van der Waals surface area contributed by atoms with Crippen molar-refractivity contribution in [3.8, 4) is 0 Å². The van der Waals surface area contributed by atoms with Crippen molar-refractivity contribution in [2.45, 2.75) is 20.2 Å². The number of aromatic nitrogens is 1. The highest BCUT2D eigenvalue weighted by molar-refractivity contribution is 6.84. The predicted molar refractivity (Wildman–Crippen MR) is 105 cm³/mol. The third-order valence-electron chi connectivity index (χ3n) is 4.34. The summed E-state index contributed by atoms with van der Waals surface area (Å²) >= 11 is 12.7. The van der Waals surface area contributed by atoms with Crippen LogP contribution >= 0.6 is 23.2 Å². The van der Waals surface area contributed by atoms with Crippen molar-refractivity contribution in [2.24, 2.45) is 0 Å². The first kappa shape index (κ1) is 17.1. The molecule has 0 spiro atoms. The van der Waals surface area contributed by atoms with E-state index < -0.39 is 0 Å². The maximum atomic E-state index is 6.36. The Kier molecular flexibility index (Phi) is 5.28. The fourth-order valence-corrected chi connectivity index (χ4v) is 3.19. The lowest BCUT2D eigenvalue weighted by Gasteiger charge is -2.16. The molecule has 3 rings (SSSR count). The summed E-state index contributed by atoms with van der Waals surface area (Å²) in [5.41, 5.74) is 5.57. The van der Waals surface area contributed by atoms with Gasteiger partial charge < -0.3 is 0 Å². The van der Waals surface area contributed by atoms with Gasteiger partial charge in [0, 0.05) is 21.9 Å². The molecular weight excluding hydrogens is 336 g/mol. The summed E-state index contributed by atoms with van der Waals surface area (Å²) in [6.07, 6.45) is 2.64. The molecule has 0 saturated carbocycles. The summed E-state index contributed by atoms with van der Waals surface area (Å²) in [6, 6.07) is 18.5. The zero-order valence-electron chi connectivity index (χ0n) is 13.8. The van der Waals surface area contributed by atoms with Gasteiger partial charge in [0.05, 0.1) is 0 Å². The van der Waals surface area contributed by atoms with E-state index in [1.165, 1.54) is 10.9 Å². The van der Waals surface area contributed by atoms with E-state index in [0.717, 1.165) is 33.2 Å². The normalized spacial score (nSPS) is 10.7. The van der Waals surface area contributed by atoms with E-state index in [0.29, 0.717) is 0 Å². The number of pyridine rings is 1. The van der Waals surface area contributed by atoms with Crippen LogP contribution in [0.2, 0.25) is 10.0 Å². The Labute approximate surface area is 153 Å². The maximum Gasteiger partial charge on any atom is 0.215 e. The van der Waals surface area contributed by atoms with Crippen molar-refractivity contribution in [1.82, 2.24) is 4.98 Å². The first-order valence-corrected chi connectivity index (χ1v) is 8.72. The molecule has 0 aliphatic rings. The fourth-order valence-electron chi connectivity index (χ4n) is 2.81. The molecule has 1 heterocycles. The molecule has 120 valence electrons. The summed E-state index contributed by atoms with van der Waals surface area (Å²) in [5.74, 6) is 0. The van der Waals surface area contributed by atoms with Gasteiger partial charge in [-0.1, -0.05) is 64.5 Å². The number of nitrogens with zero attached hydrogens (tertiary/aromatic N) is 1. The molecule has 2 aromatic carbocycles. The fraction of sp³-hybridized carbons (Fsp3) is 0.150. The minimum absolute atomic E-state index is 0.163. The van der Waals surface area contributed by atoms with Crippen LogP contribution in [0.3, 0.4) is 0 Å². The maximum absolute atomic E-state index is 6.36. The van der Waals surface area contributed by atoms with E-state index in [4.69, 9.17) is 23.2 Å². The Hall–Kier alpha value is -1.77. The Morgan fingerprint density at radius 2 is 1.42 bits per heavy atom. The third kappa shape index (κ3) is 3.83. The van der Waals surface area contributed by atoms with Crippen molar-refractivity contribution >= 4 is 40.8 Å². The lowest BCUT2D eigenvalue weighted by atomic mass is 9.38. The second kappa shape index (κ2) is 7.42. The van der Waals surface area contributed by atoms with Gasteiger partial charge in [0.25, 0.3) is 0 Å². The monoisotopic (exact) mass is 353 g/mol. The zero-order valence-corrected chi connectivity index (χ0v) is 15.3. The Morgan fingerprint density at radius 1 is 0.833 bits per heavy atom. The molecule has 1 nitrogen and oxygen atoms in total. The highest BCUT2D eigenvalue weighted by Gasteiger charge is 2.21. The third-order valence-corrected chi connectivity index (χ3v) is 5.15. The molecule has 3 aromatic rings. The largest absolute Gasteiger partial charge is 0.262 e. The van der Waals surface area contributed by atoms with Crippen molar-refractivity contribution in [1.29, 1.82) is 0 Å². The van der Waals surface area contributed by atoms with E-state index in [1.807, 2.05) is 32.2 Å². The number of halogens is 2. The molecule has 0 aliphatic heterocycles. The number of benzene rings is 2. The predicted octanol–water partition coefficient (Wildman–Crippen LogP) is 4.40. The topological polar surface area (TPSA) is 12.9 Å². The van der Waals surface area contributed by atoms with Gasteiger partial charge in [-0.2, -0.15) is 0 Å². The summed E-state index contributed by atoms with van der Waals surface area (Å²) in [7, 11) is 0. The van der Waals surface area contributed by atoms with Crippen molar-refractivity contribution in [2.75, 3.05) is 0 Å². The Balaban J connectivity index is 2.05. The second-order valence-electron chi connectivity index (χ2n) is 6.10. The van der Waals surface area contributed by atoms with Crippen molar-refractivity contribution in [3.05, 3.63) is 87.7 Å². The molecule has 1 aromatic heterocycles. The molecule has 0 bridgehead atoms. The number of hydrogen-bond donors (Lipinski definition) is 0.